The third-order valence-corrected chi connectivity index (χ3v) is 2.84. The van der Waals surface area contributed by atoms with Gasteiger partial charge in [-0.2, -0.15) is 0 Å². The Morgan fingerprint density at radius 1 is 0.818 bits per heavy atom. The van der Waals surface area contributed by atoms with Crippen molar-refractivity contribution in [3.8, 4) is 0 Å². The maximum absolute atomic E-state index is 2.43. The van der Waals surface area contributed by atoms with E-state index in [1.165, 1.54) is 32.1 Å². The van der Waals surface area contributed by atoms with Crippen molar-refractivity contribution in [2.75, 3.05) is 0 Å². The van der Waals surface area contributed by atoms with Gasteiger partial charge in [-0.05, 0) is 37.5 Å². The van der Waals surface area contributed by atoms with E-state index in [4.69, 9.17) is 0 Å². The molecule has 3 aliphatic carbocycles. The van der Waals surface area contributed by atoms with Gasteiger partial charge in [-0.3, -0.25) is 0 Å². The third-order valence-electron chi connectivity index (χ3n) is 2.84. The Morgan fingerprint density at radius 2 is 1.36 bits per heavy atom. The standard InChI is InChI=1S/C11H16/c1-4-10-6-2-7-11(5-1)9-3-8-10/h1-2,4,7,10-11H,3,5-6,8-9H2/b4-1-,7-2-. The molecule has 0 aromatic carbocycles. The zero-order chi connectivity index (χ0) is 7.52. The Kier molecular flexibility index (Phi) is 2.11. The summed E-state index contributed by atoms with van der Waals surface area (Å²) in [6.45, 7) is 0. The molecular formula is C11H16. The van der Waals surface area contributed by atoms with E-state index >= 15 is 0 Å². The molecule has 3 rings (SSSR count). The molecule has 11 heavy (non-hydrogen) atoms. The van der Waals surface area contributed by atoms with Crippen molar-refractivity contribution in [3.05, 3.63) is 24.3 Å². The average molecular weight is 148 g/mol. The normalized spacial score (nSPS) is 42.2. The Morgan fingerprint density at radius 3 is 1.91 bits per heavy atom. The zero-order valence-electron chi connectivity index (χ0n) is 7.00. The molecule has 0 saturated heterocycles. The first kappa shape index (κ1) is 7.15. The second kappa shape index (κ2) is 3.25. The predicted octanol–water partition coefficient (Wildman–Crippen LogP) is 3.31. The Labute approximate surface area is 69.0 Å². The second-order valence-electron chi connectivity index (χ2n) is 3.78. The summed E-state index contributed by atoms with van der Waals surface area (Å²) in [4.78, 5) is 0. The highest BCUT2D eigenvalue weighted by atomic mass is 14.2. The van der Waals surface area contributed by atoms with Gasteiger partial charge < -0.3 is 0 Å². The number of hydrogen-bond acceptors (Lipinski definition) is 0. The van der Waals surface area contributed by atoms with Gasteiger partial charge >= 0.3 is 0 Å². The Balaban J connectivity index is 2.16. The highest BCUT2D eigenvalue weighted by Gasteiger charge is 2.12. The van der Waals surface area contributed by atoms with Gasteiger partial charge in [-0.1, -0.05) is 30.7 Å². The van der Waals surface area contributed by atoms with Crippen molar-refractivity contribution in [1.29, 1.82) is 0 Å². The molecule has 0 heteroatoms. The zero-order valence-corrected chi connectivity index (χ0v) is 7.00. The summed E-state index contributed by atoms with van der Waals surface area (Å²) >= 11 is 0. The van der Waals surface area contributed by atoms with Crippen molar-refractivity contribution in [1.82, 2.24) is 0 Å². The summed E-state index contributed by atoms with van der Waals surface area (Å²) in [6, 6.07) is 0. The fourth-order valence-electron chi connectivity index (χ4n) is 2.12. The molecule has 0 N–H and O–H groups in total. The van der Waals surface area contributed by atoms with Gasteiger partial charge in [0.2, 0.25) is 0 Å². The molecule has 0 aromatic rings. The Bertz CT molecular complexity index is 156. The summed E-state index contributed by atoms with van der Waals surface area (Å²) < 4.78 is 0. The summed E-state index contributed by atoms with van der Waals surface area (Å²) in [5.74, 6) is 1.71. The maximum atomic E-state index is 2.43. The first-order chi connectivity index (χ1) is 5.45. The van der Waals surface area contributed by atoms with Crippen LogP contribution in [0.1, 0.15) is 32.1 Å². The van der Waals surface area contributed by atoms with Crippen molar-refractivity contribution in [3.63, 3.8) is 0 Å². The minimum Gasteiger partial charge on any atom is -0.0877 e. The van der Waals surface area contributed by atoms with Crippen LogP contribution in [0.5, 0.6) is 0 Å². The number of hydrogen-bond donors (Lipinski definition) is 0. The Hall–Kier alpha value is -0.520. The van der Waals surface area contributed by atoms with E-state index in [-0.39, 0.29) is 0 Å². The van der Waals surface area contributed by atoms with Crippen LogP contribution in [0, 0.1) is 11.8 Å². The van der Waals surface area contributed by atoms with Crippen LogP contribution >= 0.6 is 0 Å². The monoisotopic (exact) mass is 148 g/mol. The summed E-state index contributed by atoms with van der Waals surface area (Å²) in [5, 5.41) is 0. The highest BCUT2D eigenvalue weighted by Crippen LogP contribution is 2.27. The molecule has 0 radical (unpaired) electrons. The number of allylic oxidation sites excluding steroid dienone is 4. The lowest BCUT2D eigenvalue weighted by Crippen LogP contribution is -2.06. The molecule has 0 amide bonds. The minimum atomic E-state index is 0.854. The summed E-state index contributed by atoms with van der Waals surface area (Å²) in [6.07, 6.45) is 16.5. The van der Waals surface area contributed by atoms with E-state index in [1.807, 2.05) is 0 Å². The first-order valence-corrected chi connectivity index (χ1v) is 4.78. The van der Waals surface area contributed by atoms with Gasteiger partial charge in [-0.15, -0.1) is 0 Å². The lowest BCUT2D eigenvalue weighted by atomic mass is 9.85. The van der Waals surface area contributed by atoms with E-state index in [1.54, 1.807) is 0 Å². The topological polar surface area (TPSA) is 0 Å². The maximum Gasteiger partial charge on any atom is -0.0199 e. The number of fused-ring (bicyclic) bond motifs is 4. The fourth-order valence-corrected chi connectivity index (χ4v) is 2.12. The fraction of sp³-hybridized carbons (Fsp3) is 0.636. The van der Waals surface area contributed by atoms with Crippen LogP contribution < -0.4 is 0 Å². The molecule has 0 fully saturated rings. The first-order valence-electron chi connectivity index (χ1n) is 4.78. The molecule has 2 atom stereocenters. The SMILES string of the molecule is C1=C\C2C/C=C\C(C/1)CCC2. The van der Waals surface area contributed by atoms with Gasteiger partial charge in [0.1, 0.15) is 0 Å². The quantitative estimate of drug-likeness (QED) is 0.462. The average Bonchev–Trinajstić information content (AvgIpc) is 1.80. The van der Waals surface area contributed by atoms with Gasteiger partial charge in [-0.25, -0.2) is 0 Å². The summed E-state index contributed by atoms with van der Waals surface area (Å²) in [7, 11) is 0. The molecule has 2 bridgehead atoms. The molecule has 0 nitrogen and oxygen atoms in total. The molecule has 0 saturated carbocycles. The molecule has 0 heterocycles. The van der Waals surface area contributed by atoms with Crippen LogP contribution in [-0.2, 0) is 0 Å². The lowest BCUT2D eigenvalue weighted by Gasteiger charge is -2.20. The van der Waals surface area contributed by atoms with E-state index in [0.29, 0.717) is 0 Å². The van der Waals surface area contributed by atoms with Gasteiger partial charge in [0.25, 0.3) is 0 Å². The number of rotatable bonds is 0. The molecule has 0 spiro atoms. The van der Waals surface area contributed by atoms with Gasteiger partial charge in [0.15, 0.2) is 0 Å². The minimum absolute atomic E-state index is 0.854. The van der Waals surface area contributed by atoms with Crippen molar-refractivity contribution >= 4 is 0 Å². The van der Waals surface area contributed by atoms with Crippen LogP contribution in [0.25, 0.3) is 0 Å². The predicted molar refractivity (Wildman–Crippen MR) is 48.3 cm³/mol. The molecular weight excluding hydrogens is 132 g/mol. The van der Waals surface area contributed by atoms with Crippen LogP contribution in [0.3, 0.4) is 0 Å². The summed E-state index contributed by atoms with van der Waals surface area (Å²) in [5.41, 5.74) is 0. The van der Waals surface area contributed by atoms with E-state index < -0.39 is 0 Å². The largest absolute Gasteiger partial charge is 0.0877 e. The molecule has 60 valence electrons. The second-order valence-corrected chi connectivity index (χ2v) is 3.78. The van der Waals surface area contributed by atoms with Crippen LogP contribution in [-0.4, -0.2) is 0 Å². The smallest absolute Gasteiger partial charge is 0.0199 e. The van der Waals surface area contributed by atoms with Crippen LogP contribution in [0.4, 0.5) is 0 Å². The molecule has 0 aromatic heterocycles. The van der Waals surface area contributed by atoms with Crippen molar-refractivity contribution in [2.24, 2.45) is 11.8 Å². The lowest BCUT2D eigenvalue weighted by molar-refractivity contribution is 0.461. The van der Waals surface area contributed by atoms with E-state index in [0.717, 1.165) is 11.8 Å². The molecule has 2 unspecified atom stereocenters. The van der Waals surface area contributed by atoms with Gasteiger partial charge in [0.05, 0.1) is 0 Å². The third kappa shape index (κ3) is 1.74. The highest BCUT2D eigenvalue weighted by molar-refractivity contribution is 5.03. The van der Waals surface area contributed by atoms with Crippen molar-refractivity contribution in [2.45, 2.75) is 32.1 Å². The van der Waals surface area contributed by atoms with E-state index in [2.05, 4.69) is 24.3 Å². The van der Waals surface area contributed by atoms with Crippen molar-refractivity contribution < 1.29 is 0 Å². The van der Waals surface area contributed by atoms with Crippen LogP contribution in [0.15, 0.2) is 24.3 Å². The molecule has 3 aliphatic rings. The van der Waals surface area contributed by atoms with Crippen LogP contribution in [0.2, 0.25) is 0 Å². The molecule has 0 aliphatic heterocycles. The van der Waals surface area contributed by atoms with E-state index in [9.17, 15) is 0 Å². The van der Waals surface area contributed by atoms with Gasteiger partial charge in [0, 0.05) is 0 Å².